The molecule has 8 rings (SSSR count). The van der Waals surface area contributed by atoms with Gasteiger partial charge in [-0.05, 0) is 43.2 Å². The molecule has 1 unspecified atom stereocenters. The van der Waals surface area contributed by atoms with Crippen LogP contribution in [0.2, 0.25) is 0 Å². The van der Waals surface area contributed by atoms with Crippen LogP contribution in [0.25, 0.3) is 33.5 Å². The van der Waals surface area contributed by atoms with Gasteiger partial charge in [0.05, 0.1) is 47.8 Å². The highest BCUT2D eigenvalue weighted by atomic mass is 79.9. The molecule has 0 bridgehead atoms. The molecule has 2 aromatic carbocycles. The third-order valence-electron chi connectivity index (χ3n) is 9.18. The molecule has 2 amide bonds. The lowest BCUT2D eigenvalue weighted by Gasteiger charge is -2.32. The summed E-state index contributed by atoms with van der Waals surface area (Å²) in [4.78, 5) is 63.9. The van der Waals surface area contributed by atoms with Crippen LogP contribution < -0.4 is 16.1 Å². The van der Waals surface area contributed by atoms with E-state index in [1.807, 2.05) is 59.3 Å². The van der Waals surface area contributed by atoms with E-state index >= 15 is 0 Å². The number of aromatic amines is 1. The number of hydrogen-bond donors (Lipinski definition) is 1. The van der Waals surface area contributed by atoms with Gasteiger partial charge in [-0.1, -0.05) is 51.5 Å². The van der Waals surface area contributed by atoms with Crippen LogP contribution in [0.1, 0.15) is 34.9 Å². The Morgan fingerprint density at radius 1 is 0.980 bits per heavy atom. The van der Waals surface area contributed by atoms with Crippen LogP contribution >= 0.6 is 15.9 Å². The van der Waals surface area contributed by atoms with Crippen molar-refractivity contribution < 1.29 is 9.59 Å². The summed E-state index contributed by atoms with van der Waals surface area (Å²) in [7, 11) is 1.51. The van der Waals surface area contributed by atoms with E-state index in [0.29, 0.717) is 43.0 Å². The molecule has 4 aromatic heterocycles. The summed E-state index contributed by atoms with van der Waals surface area (Å²) in [6, 6.07) is 18.0. The van der Waals surface area contributed by atoms with E-state index in [4.69, 9.17) is 0 Å². The van der Waals surface area contributed by atoms with Crippen molar-refractivity contribution in [1.29, 1.82) is 0 Å². The van der Waals surface area contributed by atoms with Crippen molar-refractivity contribution in [2.24, 2.45) is 7.05 Å². The first-order chi connectivity index (χ1) is 23.8. The number of nitrogens with zero attached hydrogens (tertiary/aromatic N) is 9. The Bertz CT molecular complexity index is 2380. The number of rotatable bonds is 5. The molecule has 0 radical (unpaired) electrons. The van der Waals surface area contributed by atoms with Gasteiger partial charge in [0, 0.05) is 41.4 Å². The normalized spacial score (nSPS) is 16.3. The van der Waals surface area contributed by atoms with E-state index in [1.165, 1.54) is 11.6 Å². The van der Waals surface area contributed by atoms with Crippen LogP contribution in [-0.4, -0.2) is 69.1 Å². The van der Waals surface area contributed by atoms with Gasteiger partial charge in [0.2, 0.25) is 0 Å². The minimum absolute atomic E-state index is 0.0448. The number of benzene rings is 2. The highest BCUT2D eigenvalue weighted by Gasteiger charge is 2.33. The van der Waals surface area contributed by atoms with Gasteiger partial charge >= 0.3 is 5.69 Å². The number of carbonyl (C=O) groups excluding carboxylic acids is 2. The Morgan fingerprint density at radius 2 is 1.78 bits per heavy atom. The number of pyridine rings is 1. The summed E-state index contributed by atoms with van der Waals surface area (Å²) in [6.45, 7) is 1.58. The quantitative estimate of drug-likeness (QED) is 0.284. The third-order valence-corrected chi connectivity index (χ3v) is 9.71. The number of piperidine rings is 1. The molecule has 0 aliphatic carbocycles. The molecule has 1 fully saturated rings. The monoisotopic (exact) mass is 720 g/mol. The van der Waals surface area contributed by atoms with Crippen molar-refractivity contribution >= 4 is 44.5 Å². The molecule has 246 valence electrons. The minimum Gasteiger partial charge on any atom is -0.331 e. The molecular weight excluding hydrogens is 692 g/mol. The number of H-pyrrole nitrogens is 1. The molecule has 2 aliphatic rings. The summed E-state index contributed by atoms with van der Waals surface area (Å²) in [6.07, 6.45) is 4.91. The Balaban J connectivity index is 1.10. The topological polar surface area (TPSA) is 157 Å². The number of amides is 2. The second-order valence-electron chi connectivity index (χ2n) is 12.1. The molecule has 14 nitrogen and oxygen atoms in total. The van der Waals surface area contributed by atoms with Crippen molar-refractivity contribution in [2.45, 2.75) is 32.0 Å². The third kappa shape index (κ3) is 5.35. The smallest absolute Gasteiger partial charge is 0.329 e. The fourth-order valence-electron chi connectivity index (χ4n) is 6.60. The SMILES string of the molecule is Cn1c(=O)[nH]c(=O)c2c(C(=O)N3CCn4ncc(-c5cn(C6CCCN(c7ccc(Br)cc7)C6=O)nn5)c4C3)cc(-c3ccccc3)nc21. The van der Waals surface area contributed by atoms with Gasteiger partial charge in [-0.25, -0.2) is 14.5 Å². The zero-order chi connectivity index (χ0) is 33.8. The average Bonchev–Trinajstić information content (AvgIpc) is 3.78. The maximum absolute atomic E-state index is 14.3. The molecule has 6 aromatic rings. The first-order valence-electron chi connectivity index (χ1n) is 15.8. The summed E-state index contributed by atoms with van der Waals surface area (Å²) in [5, 5.41) is 13.4. The van der Waals surface area contributed by atoms with E-state index < -0.39 is 17.3 Å². The molecule has 6 heterocycles. The molecule has 49 heavy (non-hydrogen) atoms. The van der Waals surface area contributed by atoms with Crippen molar-refractivity contribution in [3.05, 3.63) is 110 Å². The van der Waals surface area contributed by atoms with Crippen LogP contribution in [0.4, 0.5) is 5.69 Å². The molecule has 1 saturated heterocycles. The number of aryl methyl sites for hydroxylation is 1. The predicted octanol–water partition coefficient (Wildman–Crippen LogP) is 3.53. The average molecular weight is 722 g/mol. The number of hydrogen-bond acceptors (Lipinski definition) is 8. The number of halogens is 1. The van der Waals surface area contributed by atoms with Crippen LogP contribution in [0, 0.1) is 0 Å². The second-order valence-corrected chi connectivity index (χ2v) is 13.0. The fourth-order valence-corrected chi connectivity index (χ4v) is 6.86. The molecule has 15 heteroatoms. The van der Waals surface area contributed by atoms with E-state index in [9.17, 15) is 19.2 Å². The van der Waals surface area contributed by atoms with Crippen LogP contribution in [0.5, 0.6) is 0 Å². The fraction of sp³-hybridized carbons (Fsp3) is 0.235. The van der Waals surface area contributed by atoms with Crippen molar-refractivity contribution in [2.75, 3.05) is 18.0 Å². The number of fused-ring (bicyclic) bond motifs is 2. The van der Waals surface area contributed by atoms with Gasteiger partial charge < -0.3 is 9.80 Å². The summed E-state index contributed by atoms with van der Waals surface area (Å²) >= 11 is 3.45. The summed E-state index contributed by atoms with van der Waals surface area (Å²) in [5.74, 6) is -0.428. The lowest BCUT2D eigenvalue weighted by molar-refractivity contribution is -0.123. The number of nitrogens with one attached hydrogen (secondary N) is 1. The molecule has 1 N–H and O–H groups in total. The lowest BCUT2D eigenvalue weighted by atomic mass is 10.0. The number of anilines is 1. The number of carbonyl (C=O) groups is 2. The van der Waals surface area contributed by atoms with Gasteiger partial charge in [0.15, 0.2) is 5.65 Å². The Morgan fingerprint density at radius 3 is 2.57 bits per heavy atom. The predicted molar refractivity (Wildman–Crippen MR) is 184 cm³/mol. The van der Waals surface area contributed by atoms with Crippen molar-refractivity contribution in [1.82, 2.24) is 44.2 Å². The van der Waals surface area contributed by atoms with Gasteiger partial charge in [0.25, 0.3) is 17.4 Å². The Labute approximate surface area is 286 Å². The zero-order valence-electron chi connectivity index (χ0n) is 26.3. The van der Waals surface area contributed by atoms with Crippen molar-refractivity contribution in [3.63, 3.8) is 0 Å². The van der Waals surface area contributed by atoms with E-state index in [0.717, 1.165) is 27.8 Å². The Kier molecular flexibility index (Phi) is 7.55. The highest BCUT2D eigenvalue weighted by molar-refractivity contribution is 9.10. The first kappa shape index (κ1) is 30.6. The van der Waals surface area contributed by atoms with Crippen LogP contribution in [0.3, 0.4) is 0 Å². The van der Waals surface area contributed by atoms with Gasteiger partial charge in [0.1, 0.15) is 11.7 Å². The number of aromatic nitrogens is 8. The van der Waals surface area contributed by atoms with Crippen LogP contribution in [-0.2, 0) is 24.9 Å². The lowest BCUT2D eigenvalue weighted by Crippen LogP contribution is -2.42. The van der Waals surface area contributed by atoms with E-state index in [-0.39, 0.29) is 35.0 Å². The standard InChI is InChI=1S/C34H29BrN10O4/c1-41-30-29(31(46)38-34(41)49)23(16-25(37-30)20-6-3-2-4-7-20)32(47)42-14-15-44-28(19-42)24(17-36-44)26-18-45(40-39-26)27-8-5-13-43(33(27)48)22-11-9-21(35)10-12-22/h2-4,6-7,9-12,16-18,27H,5,8,13-15,19H2,1H3,(H,38,46,49). The molecular formula is C34H29BrN10O4. The molecule has 2 aliphatic heterocycles. The zero-order valence-corrected chi connectivity index (χ0v) is 27.9. The first-order valence-corrected chi connectivity index (χ1v) is 16.6. The van der Waals surface area contributed by atoms with Gasteiger partial charge in [-0.3, -0.25) is 28.6 Å². The molecule has 0 spiro atoms. The largest absolute Gasteiger partial charge is 0.331 e. The van der Waals surface area contributed by atoms with Crippen molar-refractivity contribution in [3.8, 4) is 22.5 Å². The minimum atomic E-state index is -0.677. The second kappa shape index (κ2) is 12.1. The summed E-state index contributed by atoms with van der Waals surface area (Å²) < 4.78 is 5.62. The molecule has 0 saturated carbocycles. The van der Waals surface area contributed by atoms with Gasteiger partial charge in [-0.2, -0.15) is 5.10 Å². The summed E-state index contributed by atoms with van der Waals surface area (Å²) in [5.41, 5.74) is 2.99. The van der Waals surface area contributed by atoms with E-state index in [2.05, 4.69) is 41.3 Å². The van der Waals surface area contributed by atoms with Gasteiger partial charge in [-0.15, -0.1) is 5.10 Å². The maximum Gasteiger partial charge on any atom is 0.329 e. The van der Waals surface area contributed by atoms with Crippen LogP contribution in [0.15, 0.2) is 87.1 Å². The Hall–Kier alpha value is -5.70. The molecule has 1 atom stereocenters. The maximum atomic E-state index is 14.3. The highest BCUT2D eigenvalue weighted by Crippen LogP contribution is 2.31. The van der Waals surface area contributed by atoms with E-state index in [1.54, 1.807) is 32.9 Å².